The van der Waals surface area contributed by atoms with Crippen LogP contribution < -0.4 is 5.32 Å². The van der Waals surface area contributed by atoms with Crippen LogP contribution in [0.1, 0.15) is 11.1 Å². The summed E-state index contributed by atoms with van der Waals surface area (Å²) in [4.78, 5) is 25.8. The summed E-state index contributed by atoms with van der Waals surface area (Å²) < 4.78 is 4.95. The maximum absolute atomic E-state index is 12.5. The Hall–Kier alpha value is -3.87. The van der Waals surface area contributed by atoms with E-state index in [-0.39, 0.29) is 12.3 Å². The van der Waals surface area contributed by atoms with E-state index in [4.69, 9.17) is 4.52 Å². The van der Waals surface area contributed by atoms with Crippen molar-refractivity contribution in [2.75, 3.05) is 5.32 Å². The van der Waals surface area contributed by atoms with E-state index in [0.29, 0.717) is 28.6 Å². The van der Waals surface area contributed by atoms with E-state index in [1.165, 1.54) is 6.26 Å². The summed E-state index contributed by atoms with van der Waals surface area (Å²) in [6.07, 6.45) is 4.98. The molecule has 4 rings (SSSR count). The van der Waals surface area contributed by atoms with Crippen LogP contribution in [-0.2, 0) is 11.2 Å². The van der Waals surface area contributed by atoms with Crippen molar-refractivity contribution in [2.24, 2.45) is 0 Å². The van der Waals surface area contributed by atoms with Gasteiger partial charge in [0.25, 0.3) is 0 Å². The van der Waals surface area contributed by atoms with Crippen molar-refractivity contribution in [3.63, 3.8) is 0 Å². The monoisotopic (exact) mass is 371 g/mol. The molecule has 0 atom stereocenters. The van der Waals surface area contributed by atoms with Crippen LogP contribution in [0.5, 0.6) is 0 Å². The van der Waals surface area contributed by atoms with Crippen LogP contribution in [0.25, 0.3) is 22.9 Å². The Bertz CT molecular complexity index is 1100. The van der Waals surface area contributed by atoms with Gasteiger partial charge in [-0.1, -0.05) is 35.5 Å². The molecule has 1 N–H and O–H groups in total. The van der Waals surface area contributed by atoms with E-state index in [9.17, 15) is 4.79 Å². The van der Waals surface area contributed by atoms with Crippen LogP contribution in [0.2, 0.25) is 0 Å². The highest BCUT2D eigenvalue weighted by atomic mass is 16.5. The van der Waals surface area contributed by atoms with E-state index in [0.717, 1.165) is 11.1 Å². The molecule has 7 heteroatoms. The summed E-state index contributed by atoms with van der Waals surface area (Å²) in [6.45, 7) is 1.97. The smallest absolute Gasteiger partial charge is 0.228 e. The fourth-order valence-electron chi connectivity index (χ4n) is 2.76. The maximum Gasteiger partial charge on any atom is 0.228 e. The minimum absolute atomic E-state index is 0.166. The molecule has 0 aliphatic carbocycles. The molecule has 0 unspecified atom stereocenters. The first kappa shape index (κ1) is 17.5. The number of carbonyl (C=O) groups excluding carboxylic acids is 1. The van der Waals surface area contributed by atoms with E-state index in [1.807, 2.05) is 49.4 Å². The zero-order chi connectivity index (χ0) is 19.3. The molecule has 0 aliphatic rings. The maximum atomic E-state index is 12.5. The lowest BCUT2D eigenvalue weighted by Crippen LogP contribution is -2.16. The number of hydrogen-bond acceptors (Lipinski definition) is 6. The number of aryl methyl sites for hydroxylation is 1. The topological polar surface area (TPSA) is 93.8 Å². The number of rotatable bonds is 5. The van der Waals surface area contributed by atoms with Gasteiger partial charge >= 0.3 is 0 Å². The summed E-state index contributed by atoms with van der Waals surface area (Å²) in [5.74, 6) is 0.281. The van der Waals surface area contributed by atoms with Crippen molar-refractivity contribution in [1.29, 1.82) is 0 Å². The number of pyridine rings is 1. The summed E-state index contributed by atoms with van der Waals surface area (Å²) in [5.41, 5.74) is 4.06. The normalized spacial score (nSPS) is 10.6. The molecule has 0 fully saturated rings. The summed E-state index contributed by atoms with van der Waals surface area (Å²) in [7, 11) is 0. The molecule has 4 aromatic rings. The molecule has 7 nitrogen and oxygen atoms in total. The van der Waals surface area contributed by atoms with Gasteiger partial charge in [0.15, 0.2) is 5.82 Å². The average molecular weight is 371 g/mol. The first-order valence-corrected chi connectivity index (χ1v) is 8.73. The second-order valence-electron chi connectivity index (χ2n) is 6.27. The predicted molar refractivity (Wildman–Crippen MR) is 104 cm³/mol. The molecule has 0 saturated carbocycles. The Morgan fingerprint density at radius 2 is 1.93 bits per heavy atom. The molecule has 0 spiro atoms. The standard InChI is InChI=1S/C21H17N5O2/c1-14-7-9-22-17(11-14)21-23-13-18(20(25-21)16-8-10-28-26-16)24-19(27)12-15-5-3-2-4-6-15/h2-11,13H,12H2,1H3,(H,24,27). The van der Waals surface area contributed by atoms with Gasteiger partial charge in [-0.05, 0) is 30.2 Å². The number of anilines is 1. The third-order valence-electron chi connectivity index (χ3n) is 4.10. The molecule has 0 bridgehead atoms. The van der Waals surface area contributed by atoms with Gasteiger partial charge in [0.1, 0.15) is 23.3 Å². The van der Waals surface area contributed by atoms with Crippen molar-refractivity contribution in [3.05, 3.63) is 78.3 Å². The molecular weight excluding hydrogens is 354 g/mol. The average Bonchev–Trinajstić information content (AvgIpc) is 3.23. The van der Waals surface area contributed by atoms with Crippen LogP contribution in [0, 0.1) is 6.92 Å². The van der Waals surface area contributed by atoms with Gasteiger partial charge in [-0.2, -0.15) is 0 Å². The number of carbonyl (C=O) groups is 1. The van der Waals surface area contributed by atoms with Crippen molar-refractivity contribution in [3.8, 4) is 22.9 Å². The fraction of sp³-hybridized carbons (Fsp3) is 0.0952. The zero-order valence-corrected chi connectivity index (χ0v) is 15.2. The highest BCUT2D eigenvalue weighted by Crippen LogP contribution is 2.26. The first-order chi connectivity index (χ1) is 13.7. The van der Waals surface area contributed by atoms with E-state index in [2.05, 4.69) is 25.4 Å². The Morgan fingerprint density at radius 1 is 1.07 bits per heavy atom. The van der Waals surface area contributed by atoms with E-state index >= 15 is 0 Å². The largest absolute Gasteiger partial charge is 0.364 e. The number of nitrogens with zero attached hydrogens (tertiary/aromatic N) is 4. The Balaban J connectivity index is 1.66. The van der Waals surface area contributed by atoms with Crippen molar-refractivity contribution < 1.29 is 9.32 Å². The second kappa shape index (κ2) is 7.79. The molecular formula is C21H17N5O2. The Labute approximate surface area is 161 Å². The van der Waals surface area contributed by atoms with Gasteiger partial charge in [-0.15, -0.1) is 0 Å². The van der Waals surface area contributed by atoms with Crippen molar-refractivity contribution >= 4 is 11.6 Å². The molecule has 0 saturated heterocycles. The number of hydrogen-bond donors (Lipinski definition) is 1. The van der Waals surface area contributed by atoms with Gasteiger partial charge in [-0.3, -0.25) is 9.78 Å². The lowest BCUT2D eigenvalue weighted by Gasteiger charge is -2.10. The lowest BCUT2D eigenvalue weighted by atomic mass is 10.1. The van der Waals surface area contributed by atoms with Gasteiger partial charge < -0.3 is 9.84 Å². The van der Waals surface area contributed by atoms with Crippen LogP contribution in [0.15, 0.2) is 71.7 Å². The number of aromatic nitrogens is 4. The zero-order valence-electron chi connectivity index (χ0n) is 15.2. The van der Waals surface area contributed by atoms with Crippen LogP contribution in [0.3, 0.4) is 0 Å². The molecule has 1 amide bonds. The van der Waals surface area contributed by atoms with Gasteiger partial charge in [0.05, 0.1) is 18.3 Å². The number of benzene rings is 1. The molecule has 28 heavy (non-hydrogen) atoms. The molecule has 3 aromatic heterocycles. The third kappa shape index (κ3) is 3.93. The fourth-order valence-corrected chi connectivity index (χ4v) is 2.76. The van der Waals surface area contributed by atoms with Crippen molar-refractivity contribution in [1.82, 2.24) is 20.1 Å². The Kier molecular flexibility index (Phi) is 4.88. The number of amides is 1. The quantitative estimate of drug-likeness (QED) is 0.575. The molecule has 138 valence electrons. The van der Waals surface area contributed by atoms with Gasteiger partial charge in [-0.25, -0.2) is 9.97 Å². The molecule has 3 heterocycles. The first-order valence-electron chi connectivity index (χ1n) is 8.73. The molecule has 1 aromatic carbocycles. The highest BCUT2D eigenvalue weighted by Gasteiger charge is 2.16. The third-order valence-corrected chi connectivity index (χ3v) is 4.10. The van der Waals surface area contributed by atoms with Gasteiger partial charge in [0, 0.05) is 12.3 Å². The molecule has 0 radical (unpaired) electrons. The Morgan fingerprint density at radius 3 is 2.68 bits per heavy atom. The minimum atomic E-state index is -0.166. The lowest BCUT2D eigenvalue weighted by molar-refractivity contribution is -0.115. The minimum Gasteiger partial charge on any atom is -0.364 e. The summed E-state index contributed by atoms with van der Waals surface area (Å²) >= 11 is 0. The second-order valence-corrected chi connectivity index (χ2v) is 6.27. The van der Waals surface area contributed by atoms with E-state index in [1.54, 1.807) is 18.5 Å². The van der Waals surface area contributed by atoms with E-state index < -0.39 is 0 Å². The van der Waals surface area contributed by atoms with Crippen LogP contribution in [-0.4, -0.2) is 26.0 Å². The van der Waals surface area contributed by atoms with Crippen LogP contribution in [0.4, 0.5) is 5.69 Å². The van der Waals surface area contributed by atoms with Gasteiger partial charge in [0.2, 0.25) is 5.91 Å². The SMILES string of the molecule is Cc1ccnc(-c2ncc(NC(=O)Cc3ccccc3)c(-c3ccon3)n2)c1. The predicted octanol–water partition coefficient (Wildman–Crippen LogP) is 3.68. The van der Waals surface area contributed by atoms with Crippen LogP contribution >= 0.6 is 0 Å². The highest BCUT2D eigenvalue weighted by molar-refractivity contribution is 5.95. The molecule has 0 aliphatic heterocycles. The summed E-state index contributed by atoms with van der Waals surface area (Å²) in [5, 5.41) is 6.83. The van der Waals surface area contributed by atoms with Crippen molar-refractivity contribution in [2.45, 2.75) is 13.3 Å². The number of nitrogens with one attached hydrogen (secondary N) is 1. The summed E-state index contributed by atoms with van der Waals surface area (Å²) in [6, 6.07) is 15.0.